The zero-order valence-electron chi connectivity index (χ0n) is 19.6. The fraction of sp³-hybridized carbons (Fsp3) is 0.520. The van der Waals surface area contributed by atoms with Gasteiger partial charge in [0.25, 0.3) is 0 Å². The lowest BCUT2D eigenvalue weighted by atomic mass is 10.1. The van der Waals surface area contributed by atoms with Crippen LogP contribution in [0.4, 0.5) is 29.1 Å². The number of alkyl halides is 3. The molecule has 2 fully saturated rings. The van der Waals surface area contributed by atoms with Gasteiger partial charge in [0.05, 0.1) is 11.3 Å². The molecule has 35 heavy (non-hydrogen) atoms. The van der Waals surface area contributed by atoms with Gasteiger partial charge in [-0.05, 0) is 89.0 Å². The summed E-state index contributed by atoms with van der Waals surface area (Å²) in [6.07, 6.45) is -0.493. The third-order valence-electron chi connectivity index (χ3n) is 6.62. The van der Waals surface area contributed by atoms with E-state index in [2.05, 4.69) is 9.88 Å². The average Bonchev–Trinajstić information content (AvgIpc) is 3.48. The molecule has 2 aliphatic rings. The van der Waals surface area contributed by atoms with Crippen molar-refractivity contribution >= 4 is 29.0 Å². The van der Waals surface area contributed by atoms with Gasteiger partial charge < -0.3 is 14.7 Å². The number of benzene rings is 1. The molecule has 190 valence electrons. The van der Waals surface area contributed by atoms with Crippen LogP contribution in [0, 0.1) is 12.7 Å². The van der Waals surface area contributed by atoms with Crippen molar-refractivity contribution in [2.75, 3.05) is 42.5 Å². The standard InChI is InChI=1S/C25H29ClF4N4O/c1-17-14-18(25(28,29)30)15-23(31-17)33-12-4-6-22(33)24(35)34(13-5-11-32-9-2-3-10-32)21-8-7-19(26)16-20(21)27/h7-8,14-16,22H,2-6,9-13H2,1H3/t22-/m0/s1. The third-order valence-corrected chi connectivity index (χ3v) is 6.86. The predicted octanol–water partition coefficient (Wildman–Crippen LogP) is 5.69. The van der Waals surface area contributed by atoms with Crippen LogP contribution in [0.5, 0.6) is 0 Å². The summed E-state index contributed by atoms with van der Waals surface area (Å²) in [4.78, 5) is 23.4. The Morgan fingerprint density at radius 1 is 1.14 bits per heavy atom. The molecule has 2 saturated heterocycles. The van der Waals surface area contributed by atoms with Crippen LogP contribution in [0.1, 0.15) is 43.4 Å². The van der Waals surface area contributed by atoms with Crippen LogP contribution in [0.15, 0.2) is 30.3 Å². The lowest BCUT2D eigenvalue weighted by Gasteiger charge is -2.32. The number of pyridine rings is 1. The maximum absolute atomic E-state index is 14.9. The summed E-state index contributed by atoms with van der Waals surface area (Å²) in [5.74, 6) is -0.839. The van der Waals surface area contributed by atoms with Crippen molar-refractivity contribution in [3.63, 3.8) is 0 Å². The molecule has 1 aromatic carbocycles. The highest BCUT2D eigenvalue weighted by molar-refractivity contribution is 6.30. The van der Waals surface area contributed by atoms with E-state index in [0.29, 0.717) is 32.4 Å². The average molecular weight is 513 g/mol. The van der Waals surface area contributed by atoms with Crippen LogP contribution in [-0.2, 0) is 11.0 Å². The first-order valence-corrected chi connectivity index (χ1v) is 12.3. The number of carbonyl (C=O) groups is 1. The first kappa shape index (κ1) is 25.7. The van der Waals surface area contributed by atoms with Crippen molar-refractivity contribution in [3.05, 3.63) is 52.4 Å². The van der Waals surface area contributed by atoms with E-state index in [1.165, 1.54) is 30.0 Å². The van der Waals surface area contributed by atoms with E-state index in [1.54, 1.807) is 4.90 Å². The highest BCUT2D eigenvalue weighted by atomic mass is 35.5. The van der Waals surface area contributed by atoms with E-state index in [-0.39, 0.29) is 28.1 Å². The first-order valence-electron chi connectivity index (χ1n) is 11.9. The number of likely N-dealkylation sites (tertiary alicyclic amines) is 1. The van der Waals surface area contributed by atoms with Crippen molar-refractivity contribution in [2.45, 2.75) is 51.2 Å². The number of anilines is 2. The maximum Gasteiger partial charge on any atom is 0.416 e. The van der Waals surface area contributed by atoms with Gasteiger partial charge in [-0.2, -0.15) is 13.2 Å². The van der Waals surface area contributed by atoms with Crippen molar-refractivity contribution < 1.29 is 22.4 Å². The van der Waals surface area contributed by atoms with Gasteiger partial charge in [-0.15, -0.1) is 0 Å². The molecule has 0 radical (unpaired) electrons. The van der Waals surface area contributed by atoms with Gasteiger partial charge in [-0.25, -0.2) is 9.37 Å². The highest BCUT2D eigenvalue weighted by Crippen LogP contribution is 2.34. The number of hydrogen-bond acceptors (Lipinski definition) is 4. The van der Waals surface area contributed by atoms with Gasteiger partial charge in [-0.3, -0.25) is 4.79 Å². The molecule has 0 bridgehead atoms. The molecule has 2 aliphatic heterocycles. The van der Waals surface area contributed by atoms with Gasteiger partial charge in [0.1, 0.15) is 17.7 Å². The summed E-state index contributed by atoms with van der Waals surface area (Å²) in [5, 5.41) is 0.224. The quantitative estimate of drug-likeness (QED) is 0.447. The second kappa shape index (κ2) is 10.7. The zero-order valence-corrected chi connectivity index (χ0v) is 20.4. The van der Waals surface area contributed by atoms with Gasteiger partial charge >= 0.3 is 6.18 Å². The molecule has 0 aliphatic carbocycles. The van der Waals surface area contributed by atoms with Gasteiger partial charge in [0.2, 0.25) is 5.91 Å². The SMILES string of the molecule is Cc1cc(C(F)(F)F)cc(N2CCC[C@H]2C(=O)N(CCCN2CCCC2)c2ccc(Cl)cc2F)n1. The van der Waals surface area contributed by atoms with Crippen LogP contribution in [0.2, 0.25) is 5.02 Å². The Morgan fingerprint density at radius 3 is 2.57 bits per heavy atom. The molecule has 1 atom stereocenters. The molecule has 1 amide bonds. The van der Waals surface area contributed by atoms with E-state index in [4.69, 9.17) is 11.6 Å². The molecule has 0 unspecified atom stereocenters. The molecule has 0 N–H and O–H groups in total. The van der Waals surface area contributed by atoms with Crippen LogP contribution in [0.3, 0.4) is 0 Å². The minimum atomic E-state index is -4.52. The Hall–Kier alpha value is -2.39. The molecule has 4 rings (SSSR count). The van der Waals surface area contributed by atoms with Gasteiger partial charge in [0.15, 0.2) is 0 Å². The number of hydrogen-bond donors (Lipinski definition) is 0. The summed E-state index contributed by atoms with van der Waals surface area (Å²) in [6, 6.07) is 5.43. The van der Waals surface area contributed by atoms with Crippen molar-refractivity contribution in [1.29, 1.82) is 0 Å². The number of rotatable bonds is 7. The Morgan fingerprint density at radius 2 is 1.89 bits per heavy atom. The molecule has 3 heterocycles. The Bertz CT molecular complexity index is 1060. The van der Waals surface area contributed by atoms with E-state index < -0.39 is 23.6 Å². The van der Waals surface area contributed by atoms with Crippen molar-refractivity contribution in [3.8, 4) is 0 Å². The lowest BCUT2D eigenvalue weighted by Crippen LogP contribution is -2.47. The normalized spacial score (nSPS) is 18.9. The molecule has 0 spiro atoms. The number of halogens is 5. The molecular weight excluding hydrogens is 484 g/mol. The van der Waals surface area contributed by atoms with Crippen LogP contribution >= 0.6 is 11.6 Å². The largest absolute Gasteiger partial charge is 0.416 e. The van der Waals surface area contributed by atoms with Gasteiger partial charge in [0, 0.05) is 23.8 Å². The topological polar surface area (TPSA) is 39.7 Å². The molecule has 10 heteroatoms. The van der Waals surface area contributed by atoms with Crippen LogP contribution in [-0.4, -0.2) is 54.6 Å². The Kier molecular flexibility index (Phi) is 7.86. The third kappa shape index (κ3) is 6.06. The van der Waals surface area contributed by atoms with Crippen molar-refractivity contribution in [1.82, 2.24) is 9.88 Å². The van der Waals surface area contributed by atoms with Crippen molar-refractivity contribution in [2.24, 2.45) is 0 Å². The smallest absolute Gasteiger partial charge is 0.345 e. The van der Waals surface area contributed by atoms with E-state index in [9.17, 15) is 22.4 Å². The summed E-state index contributed by atoms with van der Waals surface area (Å²) in [7, 11) is 0. The van der Waals surface area contributed by atoms with E-state index in [1.807, 2.05) is 0 Å². The predicted molar refractivity (Wildman–Crippen MR) is 128 cm³/mol. The number of amides is 1. The number of aromatic nitrogens is 1. The number of carbonyl (C=O) groups excluding carboxylic acids is 1. The lowest BCUT2D eigenvalue weighted by molar-refractivity contribution is -0.137. The molecule has 2 aromatic rings. The van der Waals surface area contributed by atoms with E-state index in [0.717, 1.165) is 44.6 Å². The summed E-state index contributed by atoms with van der Waals surface area (Å²) in [5.41, 5.74) is -0.454. The first-order chi connectivity index (χ1) is 16.6. The summed E-state index contributed by atoms with van der Waals surface area (Å²) in [6.45, 7) is 5.02. The fourth-order valence-corrected chi connectivity index (χ4v) is 5.11. The summed E-state index contributed by atoms with van der Waals surface area (Å²) < 4.78 is 55.1. The van der Waals surface area contributed by atoms with E-state index >= 15 is 0 Å². The fourth-order valence-electron chi connectivity index (χ4n) is 4.95. The zero-order chi connectivity index (χ0) is 25.2. The molecule has 5 nitrogen and oxygen atoms in total. The Balaban J connectivity index is 1.60. The molecule has 1 aromatic heterocycles. The number of nitrogens with zero attached hydrogens (tertiary/aromatic N) is 4. The Labute approximate surface area is 207 Å². The monoisotopic (exact) mass is 512 g/mol. The number of aryl methyl sites for hydroxylation is 1. The minimum absolute atomic E-state index is 0.113. The summed E-state index contributed by atoms with van der Waals surface area (Å²) >= 11 is 5.93. The second-order valence-corrected chi connectivity index (χ2v) is 9.63. The van der Waals surface area contributed by atoms with Crippen LogP contribution < -0.4 is 9.80 Å². The highest BCUT2D eigenvalue weighted by Gasteiger charge is 2.38. The molecule has 0 saturated carbocycles. The second-order valence-electron chi connectivity index (χ2n) is 9.19. The van der Waals surface area contributed by atoms with Gasteiger partial charge in [-0.1, -0.05) is 11.6 Å². The minimum Gasteiger partial charge on any atom is -0.345 e. The van der Waals surface area contributed by atoms with Crippen LogP contribution in [0.25, 0.3) is 0 Å². The molecular formula is C25H29ClF4N4O. The maximum atomic E-state index is 14.9.